The van der Waals surface area contributed by atoms with Gasteiger partial charge in [-0.3, -0.25) is 0 Å². The van der Waals surface area contributed by atoms with E-state index in [0.717, 1.165) is 0 Å². The lowest BCUT2D eigenvalue weighted by atomic mass is 9.79. The van der Waals surface area contributed by atoms with Crippen LogP contribution in [0.1, 0.15) is 33.6 Å². The van der Waals surface area contributed by atoms with Crippen molar-refractivity contribution in [3.05, 3.63) is 24.0 Å². The number of aliphatic hydroxyl groups excluding tert-OH is 1. The van der Waals surface area contributed by atoms with Crippen LogP contribution >= 0.6 is 0 Å². The highest BCUT2D eigenvalue weighted by Gasteiger charge is 2.30. The van der Waals surface area contributed by atoms with Crippen molar-refractivity contribution in [1.82, 2.24) is 0 Å². The summed E-state index contributed by atoms with van der Waals surface area (Å²) in [5.74, 6) is 0.249. The first-order valence-corrected chi connectivity index (χ1v) is 4.62. The quantitative estimate of drug-likeness (QED) is 0.654. The molecule has 0 aromatic heterocycles. The maximum atomic E-state index is 10.1. The van der Waals surface area contributed by atoms with Crippen LogP contribution in [0.5, 0.6) is 0 Å². The lowest BCUT2D eigenvalue weighted by molar-refractivity contribution is 0.0469. The van der Waals surface area contributed by atoms with Crippen molar-refractivity contribution in [3.8, 4) is 0 Å². The molecular weight excluding hydrogens is 164 g/mol. The van der Waals surface area contributed by atoms with Crippen LogP contribution in [-0.4, -0.2) is 15.8 Å². The second kappa shape index (κ2) is 3.18. The van der Waals surface area contributed by atoms with Gasteiger partial charge in [0.15, 0.2) is 0 Å². The largest absolute Gasteiger partial charge is 0.508 e. The van der Waals surface area contributed by atoms with Gasteiger partial charge in [0.25, 0.3) is 0 Å². The van der Waals surface area contributed by atoms with Crippen molar-refractivity contribution in [2.75, 3.05) is 0 Å². The Bertz CT molecular complexity index is 245. The summed E-state index contributed by atoms with van der Waals surface area (Å²) in [4.78, 5) is 0. The van der Waals surface area contributed by atoms with E-state index >= 15 is 0 Å². The van der Waals surface area contributed by atoms with Gasteiger partial charge in [-0.05, 0) is 30.1 Å². The second-order valence-corrected chi connectivity index (χ2v) is 5.01. The number of hydrogen-bond donors (Lipinski definition) is 2. The summed E-state index contributed by atoms with van der Waals surface area (Å²) in [7, 11) is 0. The maximum Gasteiger partial charge on any atom is 0.111 e. The highest BCUT2D eigenvalue weighted by molar-refractivity contribution is 5.22. The van der Waals surface area contributed by atoms with E-state index in [1.807, 2.05) is 0 Å². The molecule has 2 heteroatoms. The third kappa shape index (κ3) is 3.23. The van der Waals surface area contributed by atoms with Crippen LogP contribution in [0.2, 0.25) is 0 Å². The summed E-state index contributed by atoms with van der Waals surface area (Å²) in [6.07, 6.45) is 6.13. The summed E-state index contributed by atoms with van der Waals surface area (Å²) >= 11 is 0. The monoisotopic (exact) mass is 182 g/mol. The average molecular weight is 182 g/mol. The molecule has 2 nitrogen and oxygen atoms in total. The lowest BCUT2D eigenvalue weighted by Crippen LogP contribution is -2.32. The topological polar surface area (TPSA) is 40.5 Å². The van der Waals surface area contributed by atoms with E-state index in [4.69, 9.17) is 5.11 Å². The summed E-state index contributed by atoms with van der Waals surface area (Å²) in [6.45, 7) is 6.28. The van der Waals surface area contributed by atoms with Gasteiger partial charge in [-0.2, -0.15) is 0 Å². The second-order valence-electron chi connectivity index (χ2n) is 5.01. The number of hydrogen-bond acceptors (Lipinski definition) is 2. The Morgan fingerprint density at radius 2 is 2.08 bits per heavy atom. The van der Waals surface area contributed by atoms with Crippen LogP contribution in [0, 0.1) is 5.41 Å². The van der Waals surface area contributed by atoms with Crippen LogP contribution < -0.4 is 0 Å². The molecular formula is C11H18O2. The minimum absolute atomic E-state index is 0.0971. The fraction of sp³-hybridized carbons (Fsp3) is 0.636. The van der Waals surface area contributed by atoms with Gasteiger partial charge < -0.3 is 10.2 Å². The fourth-order valence-corrected chi connectivity index (χ4v) is 1.71. The highest BCUT2D eigenvalue weighted by atomic mass is 16.3. The lowest BCUT2D eigenvalue weighted by Gasteiger charge is -2.32. The van der Waals surface area contributed by atoms with Crippen molar-refractivity contribution < 1.29 is 10.2 Å². The van der Waals surface area contributed by atoms with E-state index < -0.39 is 5.60 Å². The summed E-state index contributed by atoms with van der Waals surface area (Å²) in [6, 6.07) is 0. The third-order valence-corrected chi connectivity index (χ3v) is 2.07. The van der Waals surface area contributed by atoms with E-state index in [0.29, 0.717) is 12.8 Å². The molecule has 1 rings (SSSR count). The molecule has 1 aliphatic carbocycles. The van der Waals surface area contributed by atoms with Crippen molar-refractivity contribution >= 4 is 0 Å². The van der Waals surface area contributed by atoms with E-state index in [2.05, 4.69) is 20.8 Å². The molecule has 0 saturated heterocycles. The zero-order chi connectivity index (χ0) is 10.1. The smallest absolute Gasteiger partial charge is 0.111 e. The molecule has 0 heterocycles. The molecule has 1 aliphatic rings. The maximum absolute atomic E-state index is 10.1. The normalized spacial score (nSPS) is 28.8. The number of rotatable bonds is 1. The molecule has 0 amide bonds. The molecule has 0 aliphatic heterocycles. The van der Waals surface area contributed by atoms with Crippen molar-refractivity contribution in [3.63, 3.8) is 0 Å². The molecule has 0 aromatic carbocycles. The minimum atomic E-state index is -0.773. The van der Waals surface area contributed by atoms with Crippen molar-refractivity contribution in [1.29, 1.82) is 0 Å². The van der Waals surface area contributed by atoms with Gasteiger partial charge in [-0.25, -0.2) is 0 Å². The summed E-state index contributed by atoms with van der Waals surface area (Å²) < 4.78 is 0. The Labute approximate surface area is 79.6 Å². The van der Waals surface area contributed by atoms with Crippen LogP contribution in [0.25, 0.3) is 0 Å². The van der Waals surface area contributed by atoms with Gasteiger partial charge in [0, 0.05) is 6.42 Å². The Kier molecular flexibility index (Phi) is 2.53. The molecule has 1 atom stereocenters. The minimum Gasteiger partial charge on any atom is -0.508 e. The van der Waals surface area contributed by atoms with Gasteiger partial charge in [0.2, 0.25) is 0 Å². The molecule has 0 saturated carbocycles. The van der Waals surface area contributed by atoms with Gasteiger partial charge >= 0.3 is 0 Å². The first-order valence-electron chi connectivity index (χ1n) is 4.62. The van der Waals surface area contributed by atoms with Gasteiger partial charge in [0.05, 0.1) is 5.60 Å². The Hall–Kier alpha value is -0.760. The van der Waals surface area contributed by atoms with Gasteiger partial charge in [-0.15, -0.1) is 0 Å². The van der Waals surface area contributed by atoms with Crippen molar-refractivity contribution in [2.45, 2.75) is 39.2 Å². The molecule has 2 N–H and O–H groups in total. The molecule has 0 radical (unpaired) electrons. The molecule has 13 heavy (non-hydrogen) atoms. The van der Waals surface area contributed by atoms with Crippen LogP contribution in [0.15, 0.2) is 24.0 Å². The number of aliphatic hydroxyl groups is 2. The van der Waals surface area contributed by atoms with E-state index in [1.54, 1.807) is 18.2 Å². The Balaban J connectivity index is 2.66. The third-order valence-electron chi connectivity index (χ3n) is 2.07. The molecule has 74 valence electrons. The predicted octanol–water partition coefficient (Wildman–Crippen LogP) is 2.56. The zero-order valence-corrected chi connectivity index (χ0v) is 8.54. The van der Waals surface area contributed by atoms with Gasteiger partial charge in [-0.1, -0.05) is 20.8 Å². The predicted molar refractivity (Wildman–Crippen MR) is 53.5 cm³/mol. The van der Waals surface area contributed by atoms with E-state index in [1.165, 1.54) is 0 Å². The first kappa shape index (κ1) is 10.3. The molecule has 0 bridgehead atoms. The van der Waals surface area contributed by atoms with Crippen LogP contribution in [0.3, 0.4) is 0 Å². The molecule has 0 spiro atoms. The highest BCUT2D eigenvalue weighted by Crippen LogP contribution is 2.33. The Morgan fingerprint density at radius 3 is 2.46 bits per heavy atom. The zero-order valence-electron chi connectivity index (χ0n) is 8.54. The average Bonchev–Trinajstić information content (AvgIpc) is 1.92. The number of allylic oxidation sites excluding steroid dienone is 1. The fourth-order valence-electron chi connectivity index (χ4n) is 1.71. The van der Waals surface area contributed by atoms with Crippen LogP contribution in [-0.2, 0) is 0 Å². The SMILES string of the molecule is CC(C)(C)CC1(O)C=CC(O)=CC1. The summed E-state index contributed by atoms with van der Waals surface area (Å²) in [5, 5.41) is 19.2. The van der Waals surface area contributed by atoms with Gasteiger partial charge in [0.1, 0.15) is 5.76 Å². The van der Waals surface area contributed by atoms with Crippen molar-refractivity contribution in [2.24, 2.45) is 5.41 Å². The molecule has 1 unspecified atom stereocenters. The van der Waals surface area contributed by atoms with E-state index in [9.17, 15) is 5.11 Å². The standard InChI is InChI=1S/C11H18O2/c1-10(2,3)8-11(13)6-4-9(12)5-7-11/h4-6,12-13H,7-8H2,1-3H3. The van der Waals surface area contributed by atoms with E-state index in [-0.39, 0.29) is 11.2 Å². The first-order chi connectivity index (χ1) is 5.81. The summed E-state index contributed by atoms with van der Waals surface area (Å²) in [5.41, 5.74) is -0.676. The molecule has 0 fully saturated rings. The molecule has 0 aromatic rings. The van der Waals surface area contributed by atoms with Crippen LogP contribution in [0.4, 0.5) is 0 Å². The Morgan fingerprint density at radius 1 is 1.46 bits per heavy atom.